The summed E-state index contributed by atoms with van der Waals surface area (Å²) in [5, 5.41) is 8.14. The van der Waals surface area contributed by atoms with Crippen molar-refractivity contribution in [3.05, 3.63) is 64.1 Å². The van der Waals surface area contributed by atoms with E-state index < -0.39 is 0 Å². The highest BCUT2D eigenvalue weighted by atomic mass is 32.1. The summed E-state index contributed by atoms with van der Waals surface area (Å²) in [7, 11) is 0. The third-order valence-corrected chi connectivity index (χ3v) is 4.34. The van der Waals surface area contributed by atoms with Gasteiger partial charge in [0.25, 0.3) is 0 Å². The molecule has 0 unspecified atom stereocenters. The van der Waals surface area contributed by atoms with Gasteiger partial charge >= 0.3 is 0 Å². The molecule has 19 heavy (non-hydrogen) atoms. The molecule has 2 nitrogen and oxygen atoms in total. The quantitative estimate of drug-likeness (QED) is 0.776. The van der Waals surface area contributed by atoms with E-state index in [4.69, 9.17) is 0 Å². The van der Waals surface area contributed by atoms with Gasteiger partial charge in [0.15, 0.2) is 0 Å². The summed E-state index contributed by atoms with van der Waals surface area (Å²) in [5.41, 5.74) is 2.63. The van der Waals surface area contributed by atoms with E-state index in [1.807, 2.05) is 23.7 Å². The van der Waals surface area contributed by atoms with Gasteiger partial charge in [-0.2, -0.15) is 0 Å². The van der Waals surface area contributed by atoms with Gasteiger partial charge < -0.3 is 5.32 Å². The molecule has 0 atom stereocenters. The number of nitrogens with zero attached hydrogens (tertiary/aromatic N) is 1. The molecule has 1 N–H and O–H groups in total. The molecule has 0 amide bonds. The van der Waals surface area contributed by atoms with Crippen LogP contribution in [0.1, 0.15) is 16.0 Å². The Morgan fingerprint density at radius 1 is 1.11 bits per heavy atom. The van der Waals surface area contributed by atoms with Gasteiger partial charge in [0, 0.05) is 35.7 Å². The molecule has 2 heterocycles. The van der Waals surface area contributed by atoms with Crippen molar-refractivity contribution in [3.63, 3.8) is 0 Å². The average Bonchev–Trinajstić information content (AvgIpc) is 2.85. The summed E-state index contributed by atoms with van der Waals surface area (Å²) >= 11 is 1.81. The first-order valence-electron chi connectivity index (χ1n) is 6.40. The molecule has 1 aromatic carbocycles. The molecule has 0 spiro atoms. The summed E-state index contributed by atoms with van der Waals surface area (Å²) in [4.78, 5) is 5.72. The van der Waals surface area contributed by atoms with Gasteiger partial charge in [-0.15, -0.1) is 11.3 Å². The van der Waals surface area contributed by atoms with Crippen molar-refractivity contribution in [3.8, 4) is 0 Å². The van der Waals surface area contributed by atoms with Crippen LogP contribution in [-0.2, 0) is 13.1 Å². The zero-order chi connectivity index (χ0) is 13.1. The van der Waals surface area contributed by atoms with Crippen molar-refractivity contribution < 1.29 is 0 Å². The monoisotopic (exact) mass is 268 g/mol. The van der Waals surface area contributed by atoms with Crippen molar-refractivity contribution in [2.75, 3.05) is 0 Å². The third-order valence-electron chi connectivity index (χ3n) is 3.32. The van der Waals surface area contributed by atoms with Gasteiger partial charge in [0.05, 0.1) is 0 Å². The molecule has 0 saturated heterocycles. The lowest BCUT2D eigenvalue weighted by Crippen LogP contribution is -2.12. The van der Waals surface area contributed by atoms with Crippen LogP contribution in [0.25, 0.3) is 10.8 Å². The number of hydrogen-bond donors (Lipinski definition) is 1. The fourth-order valence-corrected chi connectivity index (χ4v) is 3.09. The van der Waals surface area contributed by atoms with Crippen LogP contribution in [0.2, 0.25) is 0 Å². The first-order valence-corrected chi connectivity index (χ1v) is 7.28. The highest BCUT2D eigenvalue weighted by molar-refractivity contribution is 7.10. The molecule has 96 valence electrons. The smallest absolute Gasteiger partial charge is 0.0346 e. The van der Waals surface area contributed by atoms with Crippen molar-refractivity contribution in [2.45, 2.75) is 20.0 Å². The second kappa shape index (κ2) is 5.51. The van der Waals surface area contributed by atoms with Gasteiger partial charge in [-0.1, -0.05) is 24.3 Å². The van der Waals surface area contributed by atoms with Crippen LogP contribution in [0, 0.1) is 6.92 Å². The number of thiophene rings is 1. The second-order valence-electron chi connectivity index (χ2n) is 4.65. The highest BCUT2D eigenvalue weighted by Gasteiger charge is 2.02. The summed E-state index contributed by atoms with van der Waals surface area (Å²) in [6.45, 7) is 3.94. The zero-order valence-corrected chi connectivity index (χ0v) is 11.7. The largest absolute Gasteiger partial charge is 0.308 e. The molecular formula is C16H16N2S. The van der Waals surface area contributed by atoms with E-state index in [-0.39, 0.29) is 0 Å². The number of aryl methyl sites for hydroxylation is 1. The number of hydrogen-bond acceptors (Lipinski definition) is 3. The van der Waals surface area contributed by atoms with Crippen LogP contribution in [-0.4, -0.2) is 4.98 Å². The van der Waals surface area contributed by atoms with E-state index in [0.717, 1.165) is 13.1 Å². The van der Waals surface area contributed by atoms with Crippen molar-refractivity contribution in [1.82, 2.24) is 10.3 Å². The zero-order valence-electron chi connectivity index (χ0n) is 10.9. The van der Waals surface area contributed by atoms with E-state index in [1.165, 1.54) is 26.8 Å². The first-order chi connectivity index (χ1) is 9.34. The number of nitrogens with one attached hydrogen (secondary N) is 1. The number of rotatable bonds is 4. The SMILES string of the molecule is Cc1ccsc1CNCc1cncc2ccccc12. The molecule has 3 heteroatoms. The predicted molar refractivity (Wildman–Crippen MR) is 81.3 cm³/mol. The number of fused-ring (bicyclic) bond motifs is 1. The molecule has 0 radical (unpaired) electrons. The molecule has 0 aliphatic carbocycles. The summed E-state index contributed by atoms with van der Waals surface area (Å²) in [6.07, 6.45) is 3.87. The van der Waals surface area contributed by atoms with Crippen LogP contribution in [0.3, 0.4) is 0 Å². The molecule has 0 bridgehead atoms. The van der Waals surface area contributed by atoms with Crippen molar-refractivity contribution >= 4 is 22.1 Å². The highest BCUT2D eigenvalue weighted by Crippen LogP contribution is 2.18. The number of aromatic nitrogens is 1. The van der Waals surface area contributed by atoms with Gasteiger partial charge in [0.1, 0.15) is 0 Å². The molecular weight excluding hydrogens is 252 g/mol. The van der Waals surface area contributed by atoms with Gasteiger partial charge in [-0.3, -0.25) is 4.98 Å². The van der Waals surface area contributed by atoms with Gasteiger partial charge in [-0.05, 0) is 34.9 Å². The lowest BCUT2D eigenvalue weighted by Gasteiger charge is -2.07. The van der Waals surface area contributed by atoms with Crippen LogP contribution < -0.4 is 5.32 Å². The molecule has 3 rings (SSSR count). The van der Waals surface area contributed by atoms with Crippen molar-refractivity contribution in [2.24, 2.45) is 0 Å². The van der Waals surface area contributed by atoms with Crippen LogP contribution in [0.15, 0.2) is 48.1 Å². The van der Waals surface area contributed by atoms with E-state index in [9.17, 15) is 0 Å². The van der Waals surface area contributed by atoms with Gasteiger partial charge in [-0.25, -0.2) is 0 Å². The maximum Gasteiger partial charge on any atom is 0.0346 e. The Labute approximate surface area is 117 Å². The summed E-state index contributed by atoms with van der Waals surface area (Å²) < 4.78 is 0. The molecule has 2 aromatic heterocycles. The average molecular weight is 268 g/mol. The molecule has 0 fully saturated rings. The number of pyridine rings is 1. The lowest BCUT2D eigenvalue weighted by molar-refractivity contribution is 0.700. The lowest BCUT2D eigenvalue weighted by atomic mass is 10.1. The van der Waals surface area contributed by atoms with E-state index in [1.54, 1.807) is 0 Å². The third kappa shape index (κ3) is 2.67. The maximum absolute atomic E-state index is 4.31. The summed E-state index contributed by atoms with van der Waals surface area (Å²) in [6, 6.07) is 10.6. The minimum Gasteiger partial charge on any atom is -0.308 e. The van der Waals surface area contributed by atoms with Crippen molar-refractivity contribution in [1.29, 1.82) is 0 Å². The Balaban J connectivity index is 1.74. The summed E-state index contributed by atoms with van der Waals surface area (Å²) in [5.74, 6) is 0. The van der Waals surface area contributed by atoms with Crippen LogP contribution >= 0.6 is 11.3 Å². The fraction of sp³-hybridized carbons (Fsp3) is 0.188. The molecule has 0 aliphatic heterocycles. The van der Waals surface area contributed by atoms with Crippen LogP contribution in [0.4, 0.5) is 0 Å². The normalized spacial score (nSPS) is 11.0. The maximum atomic E-state index is 4.31. The molecule has 0 saturated carbocycles. The Morgan fingerprint density at radius 3 is 2.84 bits per heavy atom. The Bertz CT molecular complexity index is 683. The Hall–Kier alpha value is -1.71. The Morgan fingerprint density at radius 2 is 2.00 bits per heavy atom. The fourth-order valence-electron chi connectivity index (χ4n) is 2.22. The van der Waals surface area contributed by atoms with Crippen LogP contribution in [0.5, 0.6) is 0 Å². The molecule has 3 aromatic rings. The van der Waals surface area contributed by atoms with E-state index in [0.29, 0.717) is 0 Å². The second-order valence-corrected chi connectivity index (χ2v) is 5.65. The topological polar surface area (TPSA) is 24.9 Å². The standard InChI is InChI=1S/C16H16N2S/c1-12-6-7-19-16(12)11-18-10-14-9-17-8-13-4-2-3-5-15(13)14/h2-9,18H,10-11H2,1H3. The number of benzene rings is 1. The van der Waals surface area contributed by atoms with E-state index in [2.05, 4.69) is 52.9 Å². The minimum absolute atomic E-state index is 0.853. The Kier molecular flexibility index (Phi) is 3.58. The predicted octanol–water partition coefficient (Wildman–Crippen LogP) is 3.89. The van der Waals surface area contributed by atoms with Gasteiger partial charge in [0.2, 0.25) is 0 Å². The molecule has 0 aliphatic rings. The first kappa shape index (κ1) is 12.3. The minimum atomic E-state index is 0.853. The van der Waals surface area contributed by atoms with E-state index >= 15 is 0 Å².